The molecule has 0 heterocycles. The van der Waals surface area contributed by atoms with Crippen LogP contribution in [0, 0.1) is 0 Å². The normalized spacial score (nSPS) is 9.47. The minimum Gasteiger partial charge on any atom is -0.497 e. The highest BCUT2D eigenvalue weighted by Crippen LogP contribution is 2.11. The topological polar surface area (TPSA) is 38.3 Å². The zero-order valence-corrected chi connectivity index (χ0v) is 9.04. The summed E-state index contributed by atoms with van der Waals surface area (Å²) in [5.74, 6) is 0.742. The number of benzene rings is 1. The number of nitrogens with one attached hydrogen (secondary N) is 1. The van der Waals surface area contributed by atoms with E-state index < -0.39 is 0 Å². The van der Waals surface area contributed by atoms with Crippen molar-refractivity contribution in [1.29, 1.82) is 0 Å². The summed E-state index contributed by atoms with van der Waals surface area (Å²) >= 11 is 0. The average molecular weight is 205 g/mol. The quantitative estimate of drug-likeness (QED) is 0.815. The first kappa shape index (κ1) is 11.3. The third kappa shape index (κ3) is 3.85. The van der Waals surface area contributed by atoms with Crippen molar-refractivity contribution in [3.8, 4) is 5.75 Å². The van der Waals surface area contributed by atoms with Gasteiger partial charge >= 0.3 is 0 Å². The molecular formula is C12H15NO2. The molecule has 0 aromatic heterocycles. The second kappa shape index (κ2) is 5.20. The largest absolute Gasteiger partial charge is 0.497 e. The third-order valence-electron chi connectivity index (χ3n) is 1.88. The summed E-state index contributed by atoms with van der Waals surface area (Å²) in [6.45, 7) is 5.37. The molecule has 80 valence electrons. The van der Waals surface area contributed by atoms with Crippen LogP contribution < -0.4 is 10.1 Å². The lowest BCUT2D eigenvalue weighted by Crippen LogP contribution is -2.22. The fourth-order valence-corrected chi connectivity index (χ4v) is 1.21. The van der Waals surface area contributed by atoms with Crippen molar-refractivity contribution >= 4 is 5.91 Å². The Labute approximate surface area is 89.8 Å². The first-order valence-electron chi connectivity index (χ1n) is 4.70. The Morgan fingerprint density at radius 3 is 2.47 bits per heavy atom. The van der Waals surface area contributed by atoms with E-state index in [1.807, 2.05) is 24.3 Å². The van der Waals surface area contributed by atoms with Crippen LogP contribution in [0.3, 0.4) is 0 Å². The van der Waals surface area contributed by atoms with E-state index in [4.69, 9.17) is 4.74 Å². The van der Waals surface area contributed by atoms with Gasteiger partial charge in [0.1, 0.15) is 5.75 Å². The Balaban J connectivity index is 2.57. The lowest BCUT2D eigenvalue weighted by atomic mass is 10.1. The number of carbonyl (C=O) groups is 1. The highest BCUT2D eigenvalue weighted by Gasteiger charge is 2.02. The van der Waals surface area contributed by atoms with Crippen molar-refractivity contribution in [2.24, 2.45) is 0 Å². The zero-order valence-electron chi connectivity index (χ0n) is 9.04. The van der Waals surface area contributed by atoms with Crippen molar-refractivity contribution in [3.05, 3.63) is 42.1 Å². The molecule has 3 nitrogen and oxygen atoms in total. The zero-order chi connectivity index (χ0) is 11.3. The molecule has 0 unspecified atom stereocenters. The van der Waals surface area contributed by atoms with Crippen molar-refractivity contribution < 1.29 is 9.53 Å². The van der Waals surface area contributed by atoms with Crippen LogP contribution >= 0.6 is 0 Å². The molecule has 1 N–H and O–H groups in total. The van der Waals surface area contributed by atoms with Crippen molar-refractivity contribution in [3.63, 3.8) is 0 Å². The van der Waals surface area contributed by atoms with Crippen LogP contribution in [0.4, 0.5) is 0 Å². The highest BCUT2D eigenvalue weighted by atomic mass is 16.5. The van der Waals surface area contributed by atoms with E-state index in [2.05, 4.69) is 11.9 Å². The van der Waals surface area contributed by atoms with E-state index in [9.17, 15) is 4.79 Å². The van der Waals surface area contributed by atoms with Crippen LogP contribution in [0.5, 0.6) is 5.75 Å². The lowest BCUT2D eigenvalue weighted by Gasteiger charge is -2.04. The average Bonchev–Trinajstić information content (AvgIpc) is 2.17. The van der Waals surface area contributed by atoms with Crippen LogP contribution in [0.15, 0.2) is 36.5 Å². The first-order chi connectivity index (χ1) is 7.11. The second-order valence-electron chi connectivity index (χ2n) is 3.35. The van der Waals surface area contributed by atoms with Crippen LogP contribution in [0.2, 0.25) is 0 Å². The Bertz CT molecular complexity index is 354. The maximum Gasteiger partial charge on any atom is 0.228 e. The van der Waals surface area contributed by atoms with Crippen molar-refractivity contribution in [1.82, 2.24) is 5.32 Å². The van der Waals surface area contributed by atoms with Crippen molar-refractivity contribution in [2.45, 2.75) is 13.3 Å². The lowest BCUT2D eigenvalue weighted by molar-refractivity contribution is -0.119. The number of rotatable bonds is 4. The highest BCUT2D eigenvalue weighted by molar-refractivity contribution is 5.80. The van der Waals surface area contributed by atoms with Gasteiger partial charge in [-0.05, 0) is 24.6 Å². The molecule has 0 saturated heterocycles. The van der Waals surface area contributed by atoms with Crippen molar-refractivity contribution in [2.75, 3.05) is 7.11 Å². The van der Waals surface area contributed by atoms with Gasteiger partial charge in [-0.25, -0.2) is 0 Å². The molecule has 1 amide bonds. The predicted octanol–water partition coefficient (Wildman–Crippen LogP) is 1.89. The minimum absolute atomic E-state index is 0.0485. The summed E-state index contributed by atoms with van der Waals surface area (Å²) < 4.78 is 5.02. The monoisotopic (exact) mass is 205 g/mol. The predicted molar refractivity (Wildman–Crippen MR) is 59.7 cm³/mol. The molecule has 0 atom stereocenters. The molecule has 1 aromatic rings. The van der Waals surface area contributed by atoms with Gasteiger partial charge in [0.25, 0.3) is 0 Å². The smallest absolute Gasteiger partial charge is 0.228 e. The van der Waals surface area contributed by atoms with E-state index in [-0.39, 0.29) is 5.91 Å². The first-order valence-corrected chi connectivity index (χ1v) is 4.70. The fraction of sp³-hybridized carbons (Fsp3) is 0.250. The Morgan fingerprint density at radius 1 is 1.40 bits per heavy atom. The number of ether oxygens (including phenoxy) is 1. The molecule has 1 rings (SSSR count). The van der Waals surface area contributed by atoms with E-state index >= 15 is 0 Å². The molecule has 0 saturated carbocycles. The van der Waals surface area contributed by atoms with Crippen LogP contribution in [-0.4, -0.2) is 13.0 Å². The Morgan fingerprint density at radius 2 is 2.00 bits per heavy atom. The summed E-state index contributed by atoms with van der Waals surface area (Å²) in [5.41, 5.74) is 1.61. The Hall–Kier alpha value is -1.77. The summed E-state index contributed by atoms with van der Waals surface area (Å²) in [4.78, 5) is 11.4. The molecule has 15 heavy (non-hydrogen) atoms. The summed E-state index contributed by atoms with van der Waals surface area (Å²) in [7, 11) is 1.61. The van der Waals surface area contributed by atoms with Gasteiger partial charge in [-0.1, -0.05) is 18.7 Å². The standard InChI is InChI=1S/C12H15NO2/c1-9(2)13-12(14)8-10-4-6-11(15-3)7-5-10/h4-7H,1,8H2,2-3H3,(H,13,14). The van der Waals surface area contributed by atoms with Gasteiger partial charge in [0.15, 0.2) is 0 Å². The summed E-state index contributed by atoms with van der Waals surface area (Å²) in [6.07, 6.45) is 0.358. The van der Waals surface area contributed by atoms with Gasteiger partial charge in [0, 0.05) is 5.70 Å². The molecular weight excluding hydrogens is 190 g/mol. The molecule has 0 aliphatic carbocycles. The van der Waals surface area contributed by atoms with E-state index in [0.717, 1.165) is 11.3 Å². The number of amides is 1. The number of carbonyl (C=O) groups excluding carboxylic acids is 1. The van der Waals surface area contributed by atoms with E-state index in [1.165, 1.54) is 0 Å². The molecule has 0 radical (unpaired) electrons. The molecule has 3 heteroatoms. The molecule has 0 spiro atoms. The minimum atomic E-state index is -0.0485. The van der Waals surface area contributed by atoms with Gasteiger partial charge in [-0.15, -0.1) is 0 Å². The van der Waals surface area contributed by atoms with Gasteiger partial charge in [-0.3, -0.25) is 4.79 Å². The molecule has 0 aliphatic rings. The second-order valence-corrected chi connectivity index (χ2v) is 3.35. The van der Waals surface area contributed by atoms with E-state index in [0.29, 0.717) is 12.1 Å². The van der Waals surface area contributed by atoms with Gasteiger partial charge < -0.3 is 10.1 Å². The van der Waals surface area contributed by atoms with Crippen LogP contribution in [-0.2, 0) is 11.2 Å². The van der Waals surface area contributed by atoms with Gasteiger partial charge in [-0.2, -0.15) is 0 Å². The van der Waals surface area contributed by atoms with Crippen LogP contribution in [0.25, 0.3) is 0 Å². The maximum atomic E-state index is 11.4. The SMILES string of the molecule is C=C(C)NC(=O)Cc1ccc(OC)cc1. The van der Waals surface area contributed by atoms with Gasteiger partial charge in [0.05, 0.1) is 13.5 Å². The third-order valence-corrected chi connectivity index (χ3v) is 1.88. The molecule has 0 fully saturated rings. The number of hydrogen-bond acceptors (Lipinski definition) is 2. The summed E-state index contributed by atoms with van der Waals surface area (Å²) in [6, 6.07) is 7.42. The molecule has 0 bridgehead atoms. The van der Waals surface area contributed by atoms with E-state index in [1.54, 1.807) is 14.0 Å². The molecule has 0 aliphatic heterocycles. The summed E-state index contributed by atoms with van der Waals surface area (Å²) in [5, 5.41) is 2.66. The Kier molecular flexibility index (Phi) is 3.92. The maximum absolute atomic E-state index is 11.4. The number of allylic oxidation sites excluding steroid dienone is 1. The fourth-order valence-electron chi connectivity index (χ4n) is 1.21. The number of hydrogen-bond donors (Lipinski definition) is 1. The number of methoxy groups -OCH3 is 1. The van der Waals surface area contributed by atoms with Gasteiger partial charge in [0.2, 0.25) is 5.91 Å². The van der Waals surface area contributed by atoms with Crippen LogP contribution in [0.1, 0.15) is 12.5 Å². The molecule has 1 aromatic carbocycles.